The summed E-state index contributed by atoms with van der Waals surface area (Å²) in [5.74, 6) is 0.275. The van der Waals surface area contributed by atoms with E-state index in [1.807, 2.05) is 26.0 Å². The van der Waals surface area contributed by atoms with E-state index >= 15 is 0 Å². The van der Waals surface area contributed by atoms with Crippen LogP contribution in [0.25, 0.3) is 0 Å². The number of hydrogen-bond acceptors (Lipinski definition) is 4. The van der Waals surface area contributed by atoms with Crippen LogP contribution in [0, 0.1) is 11.8 Å². The number of carboxylic acid groups (broad SMARTS) is 1. The molecule has 1 aliphatic heterocycles. The zero-order chi connectivity index (χ0) is 18.4. The first-order valence-electron chi connectivity index (χ1n) is 8.45. The molecule has 1 aromatic rings. The van der Waals surface area contributed by atoms with Crippen molar-refractivity contribution >= 4 is 12.0 Å². The van der Waals surface area contributed by atoms with Crippen LogP contribution in [0.15, 0.2) is 24.3 Å². The highest BCUT2D eigenvalue weighted by molar-refractivity contribution is 5.76. The minimum Gasteiger partial charge on any atom is -0.497 e. The van der Waals surface area contributed by atoms with Gasteiger partial charge in [-0.25, -0.2) is 4.79 Å². The van der Waals surface area contributed by atoms with E-state index in [1.54, 1.807) is 24.1 Å². The molecule has 0 radical (unpaired) electrons. The topological polar surface area (TPSA) is 88.1 Å². The van der Waals surface area contributed by atoms with Crippen molar-refractivity contribution in [2.75, 3.05) is 26.7 Å². The number of carbonyl (C=O) groups is 2. The van der Waals surface area contributed by atoms with Crippen LogP contribution in [0.1, 0.15) is 20.3 Å². The molecule has 25 heavy (non-hydrogen) atoms. The van der Waals surface area contributed by atoms with Crippen LogP contribution in [-0.4, -0.2) is 54.9 Å². The molecule has 0 aliphatic carbocycles. The van der Waals surface area contributed by atoms with Crippen molar-refractivity contribution < 1.29 is 24.2 Å². The number of ether oxygens (including phenoxy) is 2. The van der Waals surface area contributed by atoms with Crippen molar-refractivity contribution in [3.63, 3.8) is 0 Å². The lowest BCUT2D eigenvalue weighted by molar-refractivity contribution is -0.143. The molecule has 1 saturated heterocycles. The Kier molecular flexibility index (Phi) is 6.50. The summed E-state index contributed by atoms with van der Waals surface area (Å²) in [5, 5.41) is 12.0. The summed E-state index contributed by atoms with van der Waals surface area (Å²) < 4.78 is 10.8. The lowest BCUT2D eigenvalue weighted by Gasteiger charge is -2.34. The first kappa shape index (κ1) is 18.9. The molecule has 0 spiro atoms. The van der Waals surface area contributed by atoms with Gasteiger partial charge in [-0.05, 0) is 43.5 Å². The molecule has 2 N–H and O–H groups in total. The third-order valence-corrected chi connectivity index (χ3v) is 4.23. The molecular weight excluding hydrogens is 324 g/mol. The van der Waals surface area contributed by atoms with Crippen LogP contribution < -0.4 is 14.8 Å². The van der Waals surface area contributed by atoms with Crippen LogP contribution >= 0.6 is 0 Å². The van der Waals surface area contributed by atoms with Gasteiger partial charge in [0.05, 0.1) is 19.6 Å². The Morgan fingerprint density at radius 3 is 2.52 bits per heavy atom. The number of piperidine rings is 1. The van der Waals surface area contributed by atoms with E-state index < -0.39 is 11.9 Å². The summed E-state index contributed by atoms with van der Waals surface area (Å²) in [6.07, 6.45) is 0.394. The van der Waals surface area contributed by atoms with E-state index in [4.69, 9.17) is 9.47 Å². The maximum absolute atomic E-state index is 12.3. The highest BCUT2D eigenvalue weighted by atomic mass is 16.5. The molecule has 3 unspecified atom stereocenters. The third-order valence-electron chi connectivity index (χ3n) is 4.23. The number of carbonyl (C=O) groups excluding carboxylic acids is 1. The molecule has 7 nitrogen and oxygen atoms in total. The number of nitrogens with one attached hydrogen (secondary N) is 1. The van der Waals surface area contributed by atoms with Crippen LogP contribution in [0.2, 0.25) is 0 Å². The number of urea groups is 1. The largest absolute Gasteiger partial charge is 0.497 e. The number of amides is 2. The van der Waals surface area contributed by atoms with E-state index in [0.29, 0.717) is 25.3 Å². The van der Waals surface area contributed by atoms with Gasteiger partial charge in [-0.3, -0.25) is 4.79 Å². The van der Waals surface area contributed by atoms with Crippen molar-refractivity contribution in [2.24, 2.45) is 11.8 Å². The second-order valence-corrected chi connectivity index (χ2v) is 6.57. The fourth-order valence-corrected chi connectivity index (χ4v) is 2.97. The van der Waals surface area contributed by atoms with Gasteiger partial charge >= 0.3 is 12.0 Å². The monoisotopic (exact) mass is 350 g/mol. The minimum absolute atomic E-state index is 0.175. The van der Waals surface area contributed by atoms with E-state index in [2.05, 4.69) is 5.32 Å². The number of methoxy groups -OCH3 is 1. The average Bonchev–Trinajstić information content (AvgIpc) is 2.59. The first-order valence-corrected chi connectivity index (χ1v) is 8.45. The summed E-state index contributed by atoms with van der Waals surface area (Å²) in [4.78, 5) is 25.1. The molecular formula is C18H26N2O5. The summed E-state index contributed by atoms with van der Waals surface area (Å²) in [7, 11) is 1.60. The Bertz CT molecular complexity index is 590. The Hall–Kier alpha value is -2.44. The Morgan fingerprint density at radius 1 is 1.28 bits per heavy atom. The number of hydrogen-bond donors (Lipinski definition) is 2. The Balaban J connectivity index is 1.80. The van der Waals surface area contributed by atoms with Crippen LogP contribution in [0.3, 0.4) is 0 Å². The normalized spacial score (nSPS) is 21.3. The quantitative estimate of drug-likeness (QED) is 0.821. The van der Waals surface area contributed by atoms with Crippen LogP contribution in [-0.2, 0) is 4.79 Å². The number of carboxylic acids is 1. The lowest BCUT2D eigenvalue weighted by Crippen LogP contribution is -2.50. The molecule has 1 aliphatic rings. The smallest absolute Gasteiger partial charge is 0.317 e. The maximum atomic E-state index is 12.3. The zero-order valence-corrected chi connectivity index (χ0v) is 14.9. The lowest BCUT2D eigenvalue weighted by atomic mass is 9.91. The van der Waals surface area contributed by atoms with Gasteiger partial charge in [0.2, 0.25) is 0 Å². The van der Waals surface area contributed by atoms with E-state index in [-0.39, 0.29) is 24.6 Å². The van der Waals surface area contributed by atoms with Gasteiger partial charge in [-0.2, -0.15) is 0 Å². The average molecular weight is 350 g/mol. The van der Waals surface area contributed by atoms with Crippen molar-refractivity contribution in [1.29, 1.82) is 0 Å². The summed E-state index contributed by atoms with van der Waals surface area (Å²) in [5.41, 5.74) is 0. The number of aliphatic carboxylic acids is 1. The van der Waals surface area contributed by atoms with Crippen molar-refractivity contribution in [3.8, 4) is 11.5 Å². The van der Waals surface area contributed by atoms with Crippen LogP contribution in [0.4, 0.5) is 4.79 Å². The fraction of sp³-hybridized carbons (Fsp3) is 0.556. The van der Waals surface area contributed by atoms with E-state index in [9.17, 15) is 14.7 Å². The van der Waals surface area contributed by atoms with Gasteiger partial charge < -0.3 is 24.8 Å². The highest BCUT2D eigenvalue weighted by Gasteiger charge is 2.31. The molecule has 0 bridgehead atoms. The third kappa shape index (κ3) is 5.55. The van der Waals surface area contributed by atoms with Crippen molar-refractivity contribution in [1.82, 2.24) is 10.2 Å². The molecule has 2 rings (SSSR count). The van der Waals surface area contributed by atoms with Crippen molar-refractivity contribution in [3.05, 3.63) is 24.3 Å². The second kappa shape index (κ2) is 8.60. The van der Waals surface area contributed by atoms with E-state index in [0.717, 1.165) is 5.75 Å². The molecule has 0 saturated carbocycles. The molecule has 138 valence electrons. The Labute approximate surface area is 147 Å². The van der Waals surface area contributed by atoms with Gasteiger partial charge in [0.25, 0.3) is 0 Å². The molecule has 0 aromatic heterocycles. The predicted molar refractivity (Wildman–Crippen MR) is 93.0 cm³/mol. The second-order valence-electron chi connectivity index (χ2n) is 6.57. The minimum atomic E-state index is -0.847. The van der Waals surface area contributed by atoms with Gasteiger partial charge in [0.15, 0.2) is 0 Å². The summed E-state index contributed by atoms with van der Waals surface area (Å²) in [6.45, 7) is 4.99. The highest BCUT2D eigenvalue weighted by Crippen LogP contribution is 2.22. The van der Waals surface area contributed by atoms with E-state index in [1.165, 1.54) is 0 Å². The molecule has 1 heterocycles. The SMILES string of the molecule is COc1ccc(OC(C)CNC(=O)N2CC(C)CC(C(=O)O)C2)cc1. The predicted octanol–water partition coefficient (Wildman–Crippen LogP) is 2.21. The molecule has 3 atom stereocenters. The van der Waals surface area contributed by atoms with Gasteiger partial charge in [-0.1, -0.05) is 6.92 Å². The van der Waals surface area contributed by atoms with Crippen molar-refractivity contribution in [2.45, 2.75) is 26.4 Å². The maximum Gasteiger partial charge on any atom is 0.317 e. The van der Waals surface area contributed by atoms with Gasteiger partial charge in [-0.15, -0.1) is 0 Å². The zero-order valence-electron chi connectivity index (χ0n) is 14.9. The number of benzene rings is 1. The number of rotatable bonds is 6. The molecule has 1 fully saturated rings. The fourth-order valence-electron chi connectivity index (χ4n) is 2.97. The summed E-state index contributed by atoms with van der Waals surface area (Å²) >= 11 is 0. The molecule has 2 amide bonds. The number of nitrogens with zero attached hydrogens (tertiary/aromatic N) is 1. The van der Waals surface area contributed by atoms with Crippen LogP contribution in [0.5, 0.6) is 11.5 Å². The first-order chi connectivity index (χ1) is 11.9. The number of likely N-dealkylation sites (tertiary alicyclic amines) is 1. The van der Waals surface area contributed by atoms with Gasteiger partial charge in [0, 0.05) is 13.1 Å². The molecule has 1 aromatic carbocycles. The standard InChI is InChI=1S/C18H26N2O5/c1-12-8-14(17(21)22)11-20(10-12)18(23)19-9-13(2)25-16-6-4-15(24-3)5-7-16/h4-7,12-14H,8-11H2,1-3H3,(H,19,23)(H,21,22). The molecule has 7 heteroatoms. The summed E-state index contributed by atoms with van der Waals surface area (Å²) in [6, 6.07) is 6.98. The Morgan fingerprint density at radius 2 is 1.92 bits per heavy atom. The van der Waals surface area contributed by atoms with Gasteiger partial charge in [0.1, 0.15) is 17.6 Å².